The van der Waals surface area contributed by atoms with Gasteiger partial charge in [-0.1, -0.05) is 0 Å². The molecule has 1 amide bonds. The molecule has 1 heterocycles. The van der Waals surface area contributed by atoms with Crippen molar-refractivity contribution in [2.45, 2.75) is 38.3 Å². The number of amides is 1. The summed E-state index contributed by atoms with van der Waals surface area (Å²) in [4.78, 5) is 13.7. The Balaban J connectivity index is 2.35. The lowest BCUT2D eigenvalue weighted by molar-refractivity contribution is 0.0573. The fourth-order valence-corrected chi connectivity index (χ4v) is 2.65. The topological polar surface area (TPSA) is 46.3 Å². The van der Waals surface area contributed by atoms with Crippen molar-refractivity contribution in [1.29, 1.82) is 0 Å². The summed E-state index contributed by atoms with van der Waals surface area (Å²) in [6.07, 6.45) is 2.39. The van der Waals surface area contributed by atoms with Crippen LogP contribution in [0.2, 0.25) is 0 Å². The highest BCUT2D eigenvalue weighted by atomic mass is 19.1. The molecule has 1 aromatic carbocycles. The summed E-state index contributed by atoms with van der Waals surface area (Å²) in [5.74, 6) is -4.16. The predicted molar refractivity (Wildman–Crippen MR) is 68.6 cm³/mol. The molecule has 1 aromatic rings. The first-order valence-electron chi connectivity index (χ1n) is 6.63. The minimum Gasteiger partial charge on any atom is -0.334 e. The van der Waals surface area contributed by atoms with Crippen LogP contribution in [0.3, 0.4) is 0 Å². The van der Waals surface area contributed by atoms with Gasteiger partial charge in [-0.15, -0.1) is 0 Å². The van der Waals surface area contributed by atoms with Gasteiger partial charge in [0.05, 0.1) is 0 Å². The Morgan fingerprint density at radius 3 is 2.45 bits per heavy atom. The molecular formula is C14H17F3N2O. The number of halogens is 3. The number of rotatable bonds is 2. The maximum Gasteiger partial charge on any atom is 0.260 e. The highest BCUT2D eigenvalue weighted by Gasteiger charge is 2.32. The fourth-order valence-electron chi connectivity index (χ4n) is 2.65. The first-order chi connectivity index (χ1) is 9.41. The van der Waals surface area contributed by atoms with Gasteiger partial charge >= 0.3 is 0 Å². The summed E-state index contributed by atoms with van der Waals surface area (Å²) < 4.78 is 40.3. The second kappa shape index (κ2) is 5.83. The Morgan fingerprint density at radius 1 is 1.30 bits per heavy atom. The van der Waals surface area contributed by atoms with E-state index >= 15 is 0 Å². The van der Waals surface area contributed by atoms with E-state index in [0.29, 0.717) is 25.1 Å². The molecule has 1 aliphatic heterocycles. The minimum absolute atomic E-state index is 0.250. The molecule has 0 spiro atoms. The fraction of sp³-hybridized carbons (Fsp3) is 0.500. The molecule has 6 heteroatoms. The van der Waals surface area contributed by atoms with Crippen LogP contribution in [-0.4, -0.2) is 29.4 Å². The third kappa shape index (κ3) is 2.80. The zero-order valence-electron chi connectivity index (χ0n) is 11.2. The number of piperidine rings is 1. The third-order valence-electron chi connectivity index (χ3n) is 3.64. The number of carbonyl (C=O) groups is 1. The van der Waals surface area contributed by atoms with Crippen LogP contribution >= 0.6 is 0 Å². The van der Waals surface area contributed by atoms with Gasteiger partial charge in [0.15, 0.2) is 0 Å². The Morgan fingerprint density at radius 2 is 1.90 bits per heavy atom. The molecule has 0 bridgehead atoms. The van der Waals surface area contributed by atoms with Gasteiger partial charge in [0, 0.05) is 30.8 Å². The second-order valence-corrected chi connectivity index (χ2v) is 5.17. The SMILES string of the molecule is CC(N)C1CCCCN1C(=O)c1c(F)cc(F)cc1F. The van der Waals surface area contributed by atoms with E-state index in [2.05, 4.69) is 0 Å². The van der Waals surface area contributed by atoms with Crippen molar-refractivity contribution >= 4 is 5.91 Å². The van der Waals surface area contributed by atoms with Gasteiger partial charge in [-0.3, -0.25) is 4.79 Å². The molecule has 1 fully saturated rings. The molecule has 3 nitrogen and oxygen atoms in total. The first-order valence-corrected chi connectivity index (χ1v) is 6.63. The molecule has 0 saturated carbocycles. The normalized spacial score (nSPS) is 20.9. The molecular weight excluding hydrogens is 269 g/mol. The average molecular weight is 286 g/mol. The molecule has 0 aliphatic carbocycles. The van der Waals surface area contributed by atoms with Crippen LogP contribution in [0.1, 0.15) is 36.5 Å². The Labute approximate surface area is 115 Å². The second-order valence-electron chi connectivity index (χ2n) is 5.17. The summed E-state index contributed by atoms with van der Waals surface area (Å²) in [5.41, 5.74) is 5.12. The number of hydrogen-bond acceptors (Lipinski definition) is 2. The van der Waals surface area contributed by atoms with Crippen molar-refractivity contribution < 1.29 is 18.0 Å². The van der Waals surface area contributed by atoms with Crippen LogP contribution in [-0.2, 0) is 0 Å². The molecule has 0 radical (unpaired) electrons. The van der Waals surface area contributed by atoms with E-state index in [-0.39, 0.29) is 12.1 Å². The quantitative estimate of drug-likeness (QED) is 0.907. The van der Waals surface area contributed by atoms with E-state index < -0.39 is 28.9 Å². The number of carbonyl (C=O) groups excluding carboxylic acids is 1. The van der Waals surface area contributed by atoms with Crippen LogP contribution in [0.15, 0.2) is 12.1 Å². The number of benzene rings is 1. The van der Waals surface area contributed by atoms with Crippen LogP contribution in [0.25, 0.3) is 0 Å². The van der Waals surface area contributed by atoms with E-state index in [1.807, 2.05) is 0 Å². The van der Waals surface area contributed by atoms with Crippen molar-refractivity contribution in [1.82, 2.24) is 4.90 Å². The molecule has 20 heavy (non-hydrogen) atoms. The van der Waals surface area contributed by atoms with E-state index in [9.17, 15) is 18.0 Å². The van der Waals surface area contributed by atoms with Crippen molar-refractivity contribution in [2.24, 2.45) is 5.73 Å². The molecule has 2 rings (SSSR count). The molecule has 2 unspecified atom stereocenters. The van der Waals surface area contributed by atoms with Crippen LogP contribution in [0, 0.1) is 17.5 Å². The monoisotopic (exact) mass is 286 g/mol. The molecule has 2 atom stereocenters. The highest BCUT2D eigenvalue weighted by molar-refractivity contribution is 5.95. The van der Waals surface area contributed by atoms with E-state index in [1.54, 1.807) is 6.92 Å². The Hall–Kier alpha value is -1.56. The smallest absolute Gasteiger partial charge is 0.260 e. The van der Waals surface area contributed by atoms with Crippen molar-refractivity contribution in [3.8, 4) is 0 Å². The largest absolute Gasteiger partial charge is 0.334 e. The minimum atomic E-state index is -1.18. The lowest BCUT2D eigenvalue weighted by Crippen LogP contribution is -2.52. The number of nitrogens with zero attached hydrogens (tertiary/aromatic N) is 1. The third-order valence-corrected chi connectivity index (χ3v) is 3.64. The van der Waals surface area contributed by atoms with Gasteiger partial charge in [0.25, 0.3) is 5.91 Å². The van der Waals surface area contributed by atoms with Gasteiger partial charge < -0.3 is 10.6 Å². The van der Waals surface area contributed by atoms with Crippen LogP contribution < -0.4 is 5.73 Å². The van der Waals surface area contributed by atoms with Gasteiger partial charge in [-0.05, 0) is 26.2 Å². The first kappa shape index (κ1) is 14.8. The summed E-state index contributed by atoms with van der Waals surface area (Å²) in [6, 6.07) is 0.494. The molecule has 110 valence electrons. The lowest BCUT2D eigenvalue weighted by atomic mass is 9.96. The standard InChI is InChI=1S/C14H17F3N2O/c1-8(18)12-4-2-3-5-19(12)14(20)13-10(16)6-9(15)7-11(13)17/h6-8,12H,2-5,18H2,1H3. The van der Waals surface area contributed by atoms with E-state index in [1.165, 1.54) is 4.90 Å². The Bertz CT molecular complexity index is 496. The van der Waals surface area contributed by atoms with Gasteiger partial charge in [0.2, 0.25) is 0 Å². The van der Waals surface area contributed by atoms with E-state index in [4.69, 9.17) is 5.73 Å². The summed E-state index contributed by atoms with van der Waals surface area (Å²) in [6.45, 7) is 2.16. The summed E-state index contributed by atoms with van der Waals surface area (Å²) >= 11 is 0. The van der Waals surface area contributed by atoms with Crippen molar-refractivity contribution in [3.05, 3.63) is 35.1 Å². The zero-order chi connectivity index (χ0) is 14.9. The van der Waals surface area contributed by atoms with Gasteiger partial charge in [-0.2, -0.15) is 0 Å². The Kier molecular flexibility index (Phi) is 4.32. The molecule has 1 aliphatic rings. The highest BCUT2D eigenvalue weighted by Crippen LogP contribution is 2.24. The van der Waals surface area contributed by atoms with Crippen molar-refractivity contribution in [3.63, 3.8) is 0 Å². The molecule has 2 N–H and O–H groups in total. The molecule has 1 saturated heterocycles. The number of hydrogen-bond donors (Lipinski definition) is 1. The lowest BCUT2D eigenvalue weighted by Gasteiger charge is -2.38. The number of likely N-dealkylation sites (tertiary alicyclic amines) is 1. The van der Waals surface area contributed by atoms with Crippen LogP contribution in [0.5, 0.6) is 0 Å². The summed E-state index contributed by atoms with van der Waals surface area (Å²) in [5, 5.41) is 0. The molecule has 0 aromatic heterocycles. The van der Waals surface area contributed by atoms with E-state index in [0.717, 1.165) is 12.8 Å². The average Bonchev–Trinajstić information content (AvgIpc) is 2.37. The maximum atomic E-state index is 13.7. The predicted octanol–water partition coefficient (Wildman–Crippen LogP) is 2.45. The maximum absolute atomic E-state index is 13.7. The number of nitrogens with two attached hydrogens (primary N) is 1. The van der Waals surface area contributed by atoms with Gasteiger partial charge in [-0.25, -0.2) is 13.2 Å². The summed E-state index contributed by atoms with van der Waals surface area (Å²) in [7, 11) is 0. The van der Waals surface area contributed by atoms with Crippen LogP contribution in [0.4, 0.5) is 13.2 Å². The van der Waals surface area contributed by atoms with Gasteiger partial charge in [0.1, 0.15) is 23.0 Å². The van der Waals surface area contributed by atoms with Crippen molar-refractivity contribution in [2.75, 3.05) is 6.54 Å². The zero-order valence-corrected chi connectivity index (χ0v) is 11.2.